The van der Waals surface area contributed by atoms with E-state index in [1.807, 2.05) is 24.3 Å². The van der Waals surface area contributed by atoms with Crippen LogP contribution in [0.1, 0.15) is 5.56 Å². The Hall–Kier alpha value is -1.81. The van der Waals surface area contributed by atoms with Crippen LogP contribution in [0.15, 0.2) is 53.7 Å². The zero-order chi connectivity index (χ0) is 13.0. The van der Waals surface area contributed by atoms with E-state index in [0.29, 0.717) is 18.0 Å². The monoisotopic (exact) mass is 304 g/mol. The fourth-order valence-electron chi connectivity index (χ4n) is 1.55. The molecule has 0 atom stereocenters. The molecule has 2 N–H and O–H groups in total. The van der Waals surface area contributed by atoms with Crippen molar-refractivity contribution in [3.8, 4) is 11.6 Å². The van der Waals surface area contributed by atoms with Crippen LogP contribution in [0.4, 0.5) is 5.69 Å². The Kier molecular flexibility index (Phi) is 3.99. The van der Waals surface area contributed by atoms with Crippen LogP contribution < -0.4 is 10.5 Å². The third-order valence-corrected chi connectivity index (χ3v) is 2.83. The summed E-state index contributed by atoms with van der Waals surface area (Å²) in [4.78, 5) is 4.17. The summed E-state index contributed by atoms with van der Waals surface area (Å²) in [6.45, 7) is 3.73. The molecule has 0 aliphatic heterocycles. The number of hydrogen-bond acceptors (Lipinski definition) is 3. The third kappa shape index (κ3) is 3.11. The van der Waals surface area contributed by atoms with Gasteiger partial charge in [0, 0.05) is 28.0 Å². The minimum absolute atomic E-state index is 0.549. The van der Waals surface area contributed by atoms with E-state index in [2.05, 4.69) is 27.5 Å². The number of ether oxygens (including phenoxy) is 1. The molecular weight excluding hydrogens is 292 g/mol. The predicted octanol–water partition coefficient (Wildman–Crippen LogP) is 3.95. The lowest BCUT2D eigenvalue weighted by molar-refractivity contribution is 0.458. The van der Waals surface area contributed by atoms with Crippen molar-refractivity contribution in [1.82, 2.24) is 4.98 Å². The molecule has 0 bridgehead atoms. The van der Waals surface area contributed by atoms with Crippen molar-refractivity contribution in [3.63, 3.8) is 0 Å². The number of halogens is 1. The molecule has 1 aromatic carbocycles. The number of nitrogens with zero attached hydrogens (tertiary/aromatic N) is 1. The molecule has 1 heterocycles. The number of hydrogen-bond donors (Lipinski definition) is 1. The van der Waals surface area contributed by atoms with Gasteiger partial charge in [-0.2, -0.15) is 0 Å². The SMILES string of the molecule is C=CCc1cc(N)ccc1Oc1ccc(Br)cn1. The van der Waals surface area contributed by atoms with Gasteiger partial charge < -0.3 is 10.5 Å². The van der Waals surface area contributed by atoms with Gasteiger partial charge in [0.15, 0.2) is 0 Å². The number of benzene rings is 1. The molecule has 0 amide bonds. The molecule has 1 aromatic heterocycles. The fraction of sp³-hybridized carbons (Fsp3) is 0.0714. The van der Waals surface area contributed by atoms with Gasteiger partial charge in [-0.3, -0.25) is 0 Å². The minimum atomic E-state index is 0.549. The van der Waals surface area contributed by atoms with Gasteiger partial charge in [-0.25, -0.2) is 4.98 Å². The molecule has 2 rings (SSSR count). The lowest BCUT2D eigenvalue weighted by Gasteiger charge is -2.10. The molecule has 18 heavy (non-hydrogen) atoms. The zero-order valence-corrected chi connectivity index (χ0v) is 11.4. The second-order valence-electron chi connectivity index (χ2n) is 3.78. The molecule has 0 saturated heterocycles. The summed E-state index contributed by atoms with van der Waals surface area (Å²) in [7, 11) is 0. The van der Waals surface area contributed by atoms with Crippen molar-refractivity contribution in [2.45, 2.75) is 6.42 Å². The van der Waals surface area contributed by atoms with Gasteiger partial charge in [0.1, 0.15) is 5.75 Å². The van der Waals surface area contributed by atoms with Crippen molar-refractivity contribution in [1.29, 1.82) is 0 Å². The summed E-state index contributed by atoms with van der Waals surface area (Å²) in [5.74, 6) is 1.30. The number of nitrogen functional groups attached to an aromatic ring is 1. The van der Waals surface area contributed by atoms with Crippen molar-refractivity contribution in [2.24, 2.45) is 0 Å². The van der Waals surface area contributed by atoms with Gasteiger partial charge in [-0.05, 0) is 46.6 Å². The molecule has 3 nitrogen and oxygen atoms in total. The predicted molar refractivity (Wildman–Crippen MR) is 76.8 cm³/mol. The topological polar surface area (TPSA) is 48.1 Å². The van der Waals surface area contributed by atoms with Gasteiger partial charge >= 0.3 is 0 Å². The molecule has 0 radical (unpaired) electrons. The van der Waals surface area contributed by atoms with E-state index in [1.165, 1.54) is 0 Å². The van der Waals surface area contributed by atoms with E-state index in [4.69, 9.17) is 10.5 Å². The van der Waals surface area contributed by atoms with Crippen LogP contribution in [0.3, 0.4) is 0 Å². The maximum atomic E-state index is 5.76. The molecule has 0 fully saturated rings. The van der Waals surface area contributed by atoms with E-state index in [-0.39, 0.29) is 0 Å². The van der Waals surface area contributed by atoms with Crippen LogP contribution in [-0.2, 0) is 6.42 Å². The fourth-order valence-corrected chi connectivity index (χ4v) is 1.78. The first-order valence-electron chi connectivity index (χ1n) is 5.48. The van der Waals surface area contributed by atoms with Gasteiger partial charge in [0.05, 0.1) is 0 Å². The molecular formula is C14H13BrN2O. The van der Waals surface area contributed by atoms with Crippen LogP contribution in [0.5, 0.6) is 11.6 Å². The summed E-state index contributed by atoms with van der Waals surface area (Å²) < 4.78 is 6.65. The molecule has 92 valence electrons. The average molecular weight is 305 g/mol. The van der Waals surface area contributed by atoms with Crippen LogP contribution in [0, 0.1) is 0 Å². The summed E-state index contributed by atoms with van der Waals surface area (Å²) in [5.41, 5.74) is 7.47. The van der Waals surface area contributed by atoms with Gasteiger partial charge in [-0.1, -0.05) is 6.08 Å². The molecule has 0 spiro atoms. The number of nitrogens with two attached hydrogens (primary N) is 1. The van der Waals surface area contributed by atoms with Crippen molar-refractivity contribution in [3.05, 3.63) is 59.2 Å². The molecule has 4 heteroatoms. The Balaban J connectivity index is 2.27. The van der Waals surface area contributed by atoms with Crippen molar-refractivity contribution >= 4 is 21.6 Å². The van der Waals surface area contributed by atoms with Crippen molar-refractivity contribution in [2.75, 3.05) is 5.73 Å². The molecule has 0 unspecified atom stereocenters. The van der Waals surface area contributed by atoms with Gasteiger partial charge in [-0.15, -0.1) is 6.58 Å². The highest BCUT2D eigenvalue weighted by Gasteiger charge is 2.05. The average Bonchev–Trinajstić information content (AvgIpc) is 2.36. The first-order valence-corrected chi connectivity index (χ1v) is 6.27. The van der Waals surface area contributed by atoms with E-state index in [0.717, 1.165) is 15.8 Å². The minimum Gasteiger partial charge on any atom is -0.439 e. The molecule has 2 aromatic rings. The summed E-state index contributed by atoms with van der Waals surface area (Å²) >= 11 is 3.33. The van der Waals surface area contributed by atoms with Gasteiger partial charge in [0.25, 0.3) is 0 Å². The second kappa shape index (κ2) is 5.69. The zero-order valence-electron chi connectivity index (χ0n) is 9.77. The number of pyridine rings is 1. The quantitative estimate of drug-likeness (QED) is 0.687. The van der Waals surface area contributed by atoms with E-state index in [1.54, 1.807) is 18.3 Å². The summed E-state index contributed by atoms with van der Waals surface area (Å²) in [6, 6.07) is 9.22. The maximum absolute atomic E-state index is 5.76. The normalized spacial score (nSPS) is 10.1. The summed E-state index contributed by atoms with van der Waals surface area (Å²) in [5, 5.41) is 0. The molecule has 0 aliphatic carbocycles. The first-order chi connectivity index (χ1) is 8.69. The standard InChI is InChI=1S/C14H13BrN2O/c1-2-3-10-8-12(16)5-6-13(10)18-14-7-4-11(15)9-17-14/h2,4-9H,1,3,16H2. The van der Waals surface area contributed by atoms with Crippen LogP contribution in [0.2, 0.25) is 0 Å². The van der Waals surface area contributed by atoms with Crippen LogP contribution in [-0.4, -0.2) is 4.98 Å². The van der Waals surface area contributed by atoms with Gasteiger partial charge in [0.2, 0.25) is 5.88 Å². The highest BCUT2D eigenvalue weighted by molar-refractivity contribution is 9.10. The first kappa shape index (κ1) is 12.6. The number of anilines is 1. The summed E-state index contributed by atoms with van der Waals surface area (Å²) in [6.07, 6.45) is 4.22. The molecule has 0 saturated carbocycles. The highest BCUT2D eigenvalue weighted by Crippen LogP contribution is 2.27. The highest BCUT2D eigenvalue weighted by atomic mass is 79.9. The van der Waals surface area contributed by atoms with Crippen molar-refractivity contribution < 1.29 is 4.74 Å². The Morgan fingerprint density at radius 1 is 1.33 bits per heavy atom. The Morgan fingerprint density at radius 2 is 2.17 bits per heavy atom. The van der Waals surface area contributed by atoms with E-state index < -0.39 is 0 Å². The Morgan fingerprint density at radius 3 is 2.83 bits per heavy atom. The van der Waals surface area contributed by atoms with Crippen LogP contribution >= 0.6 is 15.9 Å². The maximum Gasteiger partial charge on any atom is 0.219 e. The lowest BCUT2D eigenvalue weighted by Crippen LogP contribution is -1.94. The molecule has 0 aliphatic rings. The Bertz CT molecular complexity index is 552. The van der Waals surface area contributed by atoms with Crippen LogP contribution in [0.25, 0.3) is 0 Å². The van der Waals surface area contributed by atoms with E-state index in [9.17, 15) is 0 Å². The lowest BCUT2D eigenvalue weighted by atomic mass is 10.1. The number of allylic oxidation sites excluding steroid dienone is 1. The third-order valence-electron chi connectivity index (χ3n) is 2.36. The number of aromatic nitrogens is 1. The second-order valence-corrected chi connectivity index (χ2v) is 4.69. The number of rotatable bonds is 4. The smallest absolute Gasteiger partial charge is 0.219 e. The largest absolute Gasteiger partial charge is 0.439 e. The van der Waals surface area contributed by atoms with E-state index >= 15 is 0 Å². The Labute approximate surface area is 114 Å².